The molecule has 0 aliphatic heterocycles. The Bertz CT molecular complexity index is 2640. The van der Waals surface area contributed by atoms with Gasteiger partial charge in [-0.15, -0.1) is 0 Å². The second-order valence-corrected chi connectivity index (χ2v) is 13.6. The van der Waals surface area contributed by atoms with E-state index in [2.05, 4.69) is 147 Å². The molecule has 2 aliphatic carbocycles. The summed E-state index contributed by atoms with van der Waals surface area (Å²) in [6.07, 6.45) is 9.17. The third-order valence-electron chi connectivity index (χ3n) is 10.7. The van der Waals surface area contributed by atoms with E-state index in [-0.39, 0.29) is 16.7 Å². The third kappa shape index (κ3) is 3.18. The number of aromatic nitrogens is 3. The van der Waals surface area contributed by atoms with E-state index in [1.54, 1.807) is 0 Å². The lowest BCUT2D eigenvalue weighted by molar-refractivity contribution is 0.320. The Hall–Kier alpha value is -5.48. The van der Waals surface area contributed by atoms with Crippen molar-refractivity contribution in [3.8, 4) is 17.2 Å². The van der Waals surface area contributed by atoms with Crippen molar-refractivity contribution in [1.29, 1.82) is 0 Å². The van der Waals surface area contributed by atoms with Crippen molar-refractivity contribution in [2.24, 2.45) is 5.92 Å². The number of allylic oxidation sites excluding steroid dienone is 4. The Morgan fingerprint density at radius 2 is 1.41 bits per heavy atom. The van der Waals surface area contributed by atoms with Crippen LogP contribution < -0.4 is 0 Å². The van der Waals surface area contributed by atoms with E-state index < -0.39 is 0 Å². The Morgan fingerprint density at radius 3 is 2.28 bits per heavy atom. The van der Waals surface area contributed by atoms with Crippen molar-refractivity contribution in [3.63, 3.8) is 0 Å². The average molecular weight is 594 g/mol. The van der Waals surface area contributed by atoms with Gasteiger partial charge in [0.15, 0.2) is 5.58 Å². The SMILES string of the molecule is CC1(C)c2c(n(-c3nc(-c4ccccc4)c4ccc5ccccc5c4n3)c3c2ccc2c4ccccc4oc23)C2(C)C=CC=CC12. The van der Waals surface area contributed by atoms with Gasteiger partial charge in [0.05, 0.1) is 16.7 Å². The van der Waals surface area contributed by atoms with Gasteiger partial charge >= 0.3 is 0 Å². The lowest BCUT2D eigenvalue weighted by Crippen LogP contribution is -2.35. The summed E-state index contributed by atoms with van der Waals surface area (Å²) in [5.74, 6) is 0.953. The lowest BCUT2D eigenvalue weighted by Gasteiger charge is -2.37. The summed E-state index contributed by atoms with van der Waals surface area (Å²) in [4.78, 5) is 11.0. The molecular formula is C42H31N3O. The molecule has 4 nitrogen and oxygen atoms in total. The molecule has 0 saturated heterocycles. The maximum atomic E-state index is 6.77. The minimum atomic E-state index is -0.269. The predicted molar refractivity (Wildman–Crippen MR) is 189 cm³/mol. The first kappa shape index (κ1) is 25.8. The maximum Gasteiger partial charge on any atom is 0.235 e. The molecule has 220 valence electrons. The molecule has 3 aromatic heterocycles. The lowest BCUT2D eigenvalue weighted by atomic mass is 9.67. The van der Waals surface area contributed by atoms with Crippen LogP contribution in [0.5, 0.6) is 0 Å². The molecule has 10 rings (SSSR count). The van der Waals surface area contributed by atoms with Crippen LogP contribution in [0.4, 0.5) is 0 Å². The number of nitrogens with zero attached hydrogens (tertiary/aromatic N) is 3. The molecule has 8 aromatic rings. The second-order valence-electron chi connectivity index (χ2n) is 13.6. The molecule has 3 heterocycles. The van der Waals surface area contributed by atoms with E-state index >= 15 is 0 Å². The molecule has 4 heteroatoms. The van der Waals surface area contributed by atoms with Crippen LogP contribution in [0, 0.1) is 5.92 Å². The van der Waals surface area contributed by atoms with E-state index in [4.69, 9.17) is 14.4 Å². The minimum absolute atomic E-state index is 0.139. The van der Waals surface area contributed by atoms with E-state index in [9.17, 15) is 0 Å². The summed E-state index contributed by atoms with van der Waals surface area (Å²) < 4.78 is 9.12. The Balaban J connectivity index is 1.44. The quantitative estimate of drug-likeness (QED) is 0.187. The molecule has 0 N–H and O–H groups in total. The number of furan rings is 1. The highest BCUT2D eigenvalue weighted by Gasteiger charge is 2.55. The van der Waals surface area contributed by atoms with Crippen LogP contribution in [0.2, 0.25) is 0 Å². The van der Waals surface area contributed by atoms with Gasteiger partial charge in [-0.2, -0.15) is 0 Å². The van der Waals surface area contributed by atoms with Gasteiger partial charge in [0, 0.05) is 49.5 Å². The first-order chi connectivity index (χ1) is 22.4. The maximum absolute atomic E-state index is 6.77. The van der Waals surface area contributed by atoms with Gasteiger partial charge in [0.2, 0.25) is 5.95 Å². The van der Waals surface area contributed by atoms with E-state index in [1.807, 2.05) is 6.07 Å². The smallest absolute Gasteiger partial charge is 0.235 e. The summed E-state index contributed by atoms with van der Waals surface area (Å²) in [5.41, 5.74) is 7.92. The van der Waals surface area contributed by atoms with Gasteiger partial charge in [-0.25, -0.2) is 9.97 Å². The van der Waals surface area contributed by atoms with Crippen molar-refractivity contribution < 1.29 is 4.42 Å². The molecule has 0 bridgehead atoms. The van der Waals surface area contributed by atoms with E-state index in [1.165, 1.54) is 16.6 Å². The van der Waals surface area contributed by atoms with Gasteiger partial charge in [-0.1, -0.05) is 123 Å². The highest BCUT2D eigenvalue weighted by Crippen LogP contribution is 2.60. The van der Waals surface area contributed by atoms with Crippen LogP contribution in [0.25, 0.3) is 71.7 Å². The standard InChI is InChI=1S/C42H31N3O/c1-41(2)33-19-11-12-24-42(33,3)39-34(41)30-23-22-29-28-17-9-10-18-32(28)46-38(29)37(30)45(39)40-43-35(26-14-5-4-6-15-26)31-21-20-25-13-7-8-16-27(25)36(31)44-40/h4-24,33H,1-3H3. The summed E-state index contributed by atoms with van der Waals surface area (Å²) in [5, 5.41) is 6.75. The number of hydrogen-bond donors (Lipinski definition) is 0. The molecule has 0 radical (unpaired) electrons. The van der Waals surface area contributed by atoms with Crippen molar-refractivity contribution in [2.45, 2.75) is 31.6 Å². The normalized spacial score (nSPS) is 19.9. The number of rotatable bonds is 2. The number of hydrogen-bond acceptors (Lipinski definition) is 3. The molecule has 0 amide bonds. The first-order valence-corrected chi connectivity index (χ1v) is 16.1. The van der Waals surface area contributed by atoms with Crippen LogP contribution in [-0.2, 0) is 10.8 Å². The van der Waals surface area contributed by atoms with Crippen LogP contribution in [0.15, 0.2) is 132 Å². The van der Waals surface area contributed by atoms with E-state index in [0.717, 1.165) is 60.4 Å². The molecule has 5 aromatic carbocycles. The molecule has 2 atom stereocenters. The van der Waals surface area contributed by atoms with Gasteiger partial charge in [0.25, 0.3) is 0 Å². The fourth-order valence-corrected chi connectivity index (χ4v) is 8.79. The second kappa shape index (κ2) is 8.82. The zero-order valence-corrected chi connectivity index (χ0v) is 26.0. The monoisotopic (exact) mass is 593 g/mol. The molecule has 0 saturated carbocycles. The van der Waals surface area contributed by atoms with Crippen LogP contribution in [0.3, 0.4) is 0 Å². The topological polar surface area (TPSA) is 43.9 Å². The zero-order chi connectivity index (χ0) is 30.8. The van der Waals surface area contributed by atoms with Gasteiger partial charge in [0.1, 0.15) is 5.58 Å². The van der Waals surface area contributed by atoms with Crippen molar-refractivity contribution in [2.75, 3.05) is 0 Å². The van der Waals surface area contributed by atoms with Crippen molar-refractivity contribution in [1.82, 2.24) is 14.5 Å². The Kier molecular flexibility index (Phi) is 4.95. The molecule has 46 heavy (non-hydrogen) atoms. The average Bonchev–Trinajstić information content (AvgIpc) is 3.70. The third-order valence-corrected chi connectivity index (χ3v) is 10.7. The summed E-state index contributed by atoms with van der Waals surface area (Å²) in [6.45, 7) is 7.16. The highest BCUT2D eigenvalue weighted by molar-refractivity contribution is 6.16. The molecule has 0 fully saturated rings. The Morgan fingerprint density at radius 1 is 0.674 bits per heavy atom. The highest BCUT2D eigenvalue weighted by atomic mass is 16.3. The molecular weight excluding hydrogens is 562 g/mol. The number of para-hydroxylation sites is 1. The summed E-state index contributed by atoms with van der Waals surface area (Å²) in [7, 11) is 0. The minimum Gasteiger partial charge on any atom is -0.454 e. The number of fused-ring (bicyclic) bond motifs is 12. The number of benzene rings is 5. The largest absolute Gasteiger partial charge is 0.454 e. The van der Waals surface area contributed by atoms with Gasteiger partial charge in [-0.05, 0) is 41.5 Å². The molecule has 2 aliphatic rings. The summed E-state index contributed by atoms with van der Waals surface area (Å²) in [6, 6.07) is 36.3. The summed E-state index contributed by atoms with van der Waals surface area (Å²) >= 11 is 0. The zero-order valence-electron chi connectivity index (χ0n) is 26.0. The van der Waals surface area contributed by atoms with Crippen LogP contribution in [-0.4, -0.2) is 14.5 Å². The van der Waals surface area contributed by atoms with Gasteiger partial charge < -0.3 is 4.42 Å². The van der Waals surface area contributed by atoms with E-state index in [0.29, 0.717) is 5.95 Å². The molecule has 2 unspecified atom stereocenters. The van der Waals surface area contributed by atoms with Crippen molar-refractivity contribution >= 4 is 54.5 Å². The predicted octanol–water partition coefficient (Wildman–Crippen LogP) is 10.6. The Labute approximate surface area is 266 Å². The van der Waals surface area contributed by atoms with Gasteiger partial charge in [-0.3, -0.25) is 4.57 Å². The van der Waals surface area contributed by atoms with Crippen molar-refractivity contribution in [3.05, 3.63) is 139 Å². The first-order valence-electron chi connectivity index (χ1n) is 16.1. The van der Waals surface area contributed by atoms with Crippen LogP contribution in [0.1, 0.15) is 32.0 Å². The molecule has 0 spiro atoms. The fourth-order valence-electron chi connectivity index (χ4n) is 8.79. The van der Waals surface area contributed by atoms with Crippen LogP contribution >= 0.6 is 0 Å². The fraction of sp³-hybridized carbons (Fsp3) is 0.143.